The van der Waals surface area contributed by atoms with Crippen molar-refractivity contribution in [3.8, 4) is 11.4 Å². The zero-order valence-corrected chi connectivity index (χ0v) is 20.7. The largest absolute Gasteiger partial charge is 0.383 e. The van der Waals surface area contributed by atoms with Crippen molar-refractivity contribution in [2.75, 3.05) is 19.0 Å². The average Bonchev–Trinajstić information content (AvgIpc) is 2.91. The Morgan fingerprint density at radius 2 is 1.41 bits per heavy atom. The number of hydrogen-bond acceptors (Lipinski definition) is 5. The second kappa shape index (κ2) is 10.3. The van der Waals surface area contributed by atoms with Gasteiger partial charge in [0, 0.05) is 23.9 Å². The van der Waals surface area contributed by atoms with E-state index in [0.717, 1.165) is 4.57 Å². The van der Waals surface area contributed by atoms with Crippen LogP contribution in [0, 0.1) is 0 Å². The molecule has 0 aliphatic heterocycles. The van der Waals surface area contributed by atoms with Gasteiger partial charge >= 0.3 is 5.69 Å². The standard InChI is InChI=1S/C28H23ClN4O4/c1-37-17-16-31-24(34)18-23(30-20-14-12-19(29)13-15-20)25-26(31)32(21-8-4-2-5-9-21)28(36)33(27(25)35)22-10-6-3-7-11-22/h2-15,18,30H,16-17H2,1H3. The maximum absolute atomic E-state index is 14.1. The van der Waals surface area contributed by atoms with Gasteiger partial charge in [-0.05, 0) is 48.5 Å². The second-order valence-corrected chi connectivity index (χ2v) is 8.74. The highest BCUT2D eigenvalue weighted by Crippen LogP contribution is 2.25. The molecule has 0 radical (unpaired) electrons. The first-order valence-corrected chi connectivity index (χ1v) is 12.0. The van der Waals surface area contributed by atoms with Crippen LogP contribution in [-0.2, 0) is 11.3 Å². The number of nitrogens with zero attached hydrogens (tertiary/aromatic N) is 3. The summed E-state index contributed by atoms with van der Waals surface area (Å²) in [5, 5.41) is 3.91. The summed E-state index contributed by atoms with van der Waals surface area (Å²) in [5.74, 6) is 0. The van der Waals surface area contributed by atoms with Crippen molar-refractivity contribution >= 4 is 34.0 Å². The summed E-state index contributed by atoms with van der Waals surface area (Å²) in [4.78, 5) is 41.5. The molecular weight excluding hydrogens is 492 g/mol. The summed E-state index contributed by atoms with van der Waals surface area (Å²) < 4.78 is 9.14. The van der Waals surface area contributed by atoms with E-state index in [1.807, 2.05) is 6.07 Å². The van der Waals surface area contributed by atoms with Crippen molar-refractivity contribution in [3.05, 3.63) is 127 Å². The van der Waals surface area contributed by atoms with Crippen LogP contribution in [0.3, 0.4) is 0 Å². The highest BCUT2D eigenvalue weighted by molar-refractivity contribution is 6.30. The third-order valence-electron chi connectivity index (χ3n) is 5.96. The number of anilines is 2. The second-order valence-electron chi connectivity index (χ2n) is 8.30. The van der Waals surface area contributed by atoms with Gasteiger partial charge in [-0.2, -0.15) is 0 Å². The molecule has 0 unspecified atom stereocenters. The van der Waals surface area contributed by atoms with Crippen LogP contribution in [0.1, 0.15) is 0 Å². The van der Waals surface area contributed by atoms with Gasteiger partial charge in [0.15, 0.2) is 0 Å². The third-order valence-corrected chi connectivity index (χ3v) is 6.22. The fourth-order valence-corrected chi connectivity index (χ4v) is 4.39. The molecule has 0 aliphatic carbocycles. The SMILES string of the molecule is COCCn1c(=O)cc(Nc2ccc(Cl)cc2)c2c(=O)n(-c3ccccc3)c(=O)n(-c3ccccc3)c21. The van der Waals surface area contributed by atoms with Crippen molar-refractivity contribution in [3.63, 3.8) is 0 Å². The van der Waals surface area contributed by atoms with Crippen molar-refractivity contribution in [2.45, 2.75) is 6.54 Å². The molecule has 0 aliphatic rings. The Morgan fingerprint density at radius 1 is 0.811 bits per heavy atom. The van der Waals surface area contributed by atoms with Crippen molar-refractivity contribution in [1.29, 1.82) is 0 Å². The summed E-state index contributed by atoms with van der Waals surface area (Å²) in [6, 6.07) is 25.9. The number of ether oxygens (including phenoxy) is 1. The predicted molar refractivity (Wildman–Crippen MR) is 146 cm³/mol. The summed E-state index contributed by atoms with van der Waals surface area (Å²) in [5.41, 5.74) is 0.465. The van der Waals surface area contributed by atoms with Gasteiger partial charge in [-0.25, -0.2) is 13.9 Å². The lowest BCUT2D eigenvalue weighted by Crippen LogP contribution is -2.41. The zero-order valence-electron chi connectivity index (χ0n) is 19.9. The molecule has 5 rings (SSSR count). The fourth-order valence-electron chi connectivity index (χ4n) is 4.27. The lowest BCUT2D eigenvalue weighted by Gasteiger charge is -2.20. The minimum atomic E-state index is -0.593. The molecule has 2 aromatic heterocycles. The Labute approximate surface area is 216 Å². The lowest BCUT2D eigenvalue weighted by atomic mass is 10.2. The molecule has 5 aromatic rings. The number of para-hydroxylation sites is 2. The van der Waals surface area contributed by atoms with Gasteiger partial charge in [-0.15, -0.1) is 0 Å². The highest BCUT2D eigenvalue weighted by atomic mass is 35.5. The van der Waals surface area contributed by atoms with E-state index in [4.69, 9.17) is 16.3 Å². The number of halogens is 1. The Bertz CT molecular complexity index is 1740. The first-order valence-electron chi connectivity index (χ1n) is 11.6. The van der Waals surface area contributed by atoms with Gasteiger partial charge < -0.3 is 10.1 Å². The molecule has 3 aromatic carbocycles. The molecular formula is C28H23ClN4O4. The van der Waals surface area contributed by atoms with Gasteiger partial charge in [-0.3, -0.25) is 14.2 Å². The number of methoxy groups -OCH3 is 1. The Hall–Kier alpha value is -4.40. The molecule has 0 fully saturated rings. The molecule has 0 amide bonds. The monoisotopic (exact) mass is 514 g/mol. The van der Waals surface area contributed by atoms with Crippen LogP contribution >= 0.6 is 11.6 Å². The van der Waals surface area contributed by atoms with Crippen LogP contribution in [0.2, 0.25) is 5.02 Å². The summed E-state index contributed by atoms with van der Waals surface area (Å²) in [6.45, 7) is 0.359. The van der Waals surface area contributed by atoms with E-state index >= 15 is 0 Å². The van der Waals surface area contributed by atoms with E-state index in [9.17, 15) is 14.4 Å². The number of pyridine rings is 1. The van der Waals surface area contributed by atoms with E-state index in [1.165, 1.54) is 22.3 Å². The van der Waals surface area contributed by atoms with Gasteiger partial charge in [0.05, 0.1) is 30.2 Å². The molecule has 186 valence electrons. The molecule has 2 heterocycles. The first-order chi connectivity index (χ1) is 18.0. The van der Waals surface area contributed by atoms with Crippen LogP contribution in [0.15, 0.2) is 105 Å². The summed E-state index contributed by atoms with van der Waals surface area (Å²) >= 11 is 6.04. The predicted octanol–water partition coefficient (Wildman–Crippen LogP) is 4.35. The molecule has 9 heteroatoms. The smallest absolute Gasteiger partial charge is 0.341 e. The van der Waals surface area contributed by atoms with E-state index < -0.39 is 11.2 Å². The summed E-state index contributed by atoms with van der Waals surface area (Å²) in [7, 11) is 1.52. The number of aromatic nitrogens is 3. The van der Waals surface area contributed by atoms with Crippen LogP contribution < -0.4 is 22.1 Å². The number of rotatable bonds is 7. The Morgan fingerprint density at radius 3 is 2.00 bits per heavy atom. The fraction of sp³-hybridized carbons (Fsp3) is 0.107. The normalized spacial score (nSPS) is 11.1. The molecule has 0 atom stereocenters. The number of hydrogen-bond donors (Lipinski definition) is 1. The Kier molecular flexibility index (Phi) is 6.76. The number of benzene rings is 3. The van der Waals surface area contributed by atoms with E-state index in [2.05, 4.69) is 5.32 Å². The minimum absolute atomic E-state index is 0.147. The molecule has 8 nitrogen and oxygen atoms in total. The zero-order chi connectivity index (χ0) is 25.9. The van der Waals surface area contributed by atoms with E-state index in [0.29, 0.717) is 22.1 Å². The van der Waals surface area contributed by atoms with Gasteiger partial charge in [-0.1, -0.05) is 48.0 Å². The maximum atomic E-state index is 14.1. The highest BCUT2D eigenvalue weighted by Gasteiger charge is 2.22. The topological polar surface area (TPSA) is 87.3 Å². The van der Waals surface area contributed by atoms with Crippen LogP contribution in [0.4, 0.5) is 11.4 Å². The van der Waals surface area contributed by atoms with Gasteiger partial charge in [0.2, 0.25) is 0 Å². The molecule has 0 bridgehead atoms. The van der Waals surface area contributed by atoms with Crippen LogP contribution in [0.25, 0.3) is 22.4 Å². The third kappa shape index (κ3) is 4.60. The number of fused-ring (bicyclic) bond motifs is 1. The van der Waals surface area contributed by atoms with Crippen molar-refractivity contribution in [2.24, 2.45) is 0 Å². The maximum Gasteiger partial charge on any atom is 0.341 e. The number of nitrogens with one attached hydrogen (secondary N) is 1. The van der Waals surface area contributed by atoms with Crippen LogP contribution in [-0.4, -0.2) is 27.4 Å². The van der Waals surface area contributed by atoms with E-state index in [-0.39, 0.29) is 35.4 Å². The quantitative estimate of drug-likeness (QED) is 0.349. The lowest BCUT2D eigenvalue weighted by molar-refractivity contribution is 0.187. The van der Waals surface area contributed by atoms with Crippen molar-refractivity contribution < 1.29 is 4.74 Å². The van der Waals surface area contributed by atoms with Gasteiger partial charge in [0.25, 0.3) is 11.1 Å². The molecule has 0 saturated carbocycles. The summed E-state index contributed by atoms with van der Waals surface area (Å²) in [6.07, 6.45) is 0. The minimum Gasteiger partial charge on any atom is -0.383 e. The average molecular weight is 515 g/mol. The van der Waals surface area contributed by atoms with Gasteiger partial charge in [0.1, 0.15) is 11.0 Å². The molecule has 0 saturated heterocycles. The van der Waals surface area contributed by atoms with E-state index in [1.54, 1.807) is 78.9 Å². The molecule has 37 heavy (non-hydrogen) atoms. The first kappa shape index (κ1) is 24.3. The van der Waals surface area contributed by atoms with Crippen LogP contribution in [0.5, 0.6) is 0 Å². The van der Waals surface area contributed by atoms with Crippen molar-refractivity contribution in [1.82, 2.24) is 13.7 Å². The molecule has 1 N–H and O–H groups in total. The molecule has 0 spiro atoms. The Balaban J connectivity index is 1.95.